The van der Waals surface area contributed by atoms with E-state index in [0.717, 1.165) is 18.1 Å². The molecule has 1 fully saturated rings. The lowest BCUT2D eigenvalue weighted by atomic mass is 10.1. The van der Waals surface area contributed by atoms with Gasteiger partial charge in [0.25, 0.3) is 5.91 Å². The lowest BCUT2D eigenvalue weighted by molar-refractivity contribution is -0.386. The Morgan fingerprint density at radius 1 is 1.26 bits per heavy atom. The van der Waals surface area contributed by atoms with Crippen LogP contribution in [0.5, 0.6) is 5.75 Å². The highest BCUT2D eigenvalue weighted by Crippen LogP contribution is 2.37. The number of imide groups is 1. The van der Waals surface area contributed by atoms with Crippen molar-refractivity contribution in [1.29, 1.82) is 0 Å². The Morgan fingerprint density at radius 2 is 1.97 bits per heavy atom. The minimum Gasteiger partial charge on any atom is -0.471 e. The van der Waals surface area contributed by atoms with E-state index in [4.69, 9.17) is 20.8 Å². The van der Waals surface area contributed by atoms with Gasteiger partial charge in [0.05, 0.1) is 30.7 Å². The highest BCUT2D eigenvalue weighted by molar-refractivity contribution is 6.32. The van der Waals surface area contributed by atoms with Crippen LogP contribution in [0.3, 0.4) is 0 Å². The molecule has 1 aromatic carbocycles. The number of rotatable bonds is 8. The lowest BCUT2D eigenvalue weighted by Gasteiger charge is -2.14. The number of methoxy groups -OCH3 is 2. The summed E-state index contributed by atoms with van der Waals surface area (Å²) in [5, 5.41) is 13.7. The average Bonchev–Trinajstić information content (AvgIpc) is 3.39. The summed E-state index contributed by atoms with van der Waals surface area (Å²) in [6.45, 7) is 1.05. The molecule has 0 saturated carbocycles. The fraction of sp³-hybridized carbons (Fsp3) is 0.238. The van der Waals surface area contributed by atoms with Crippen molar-refractivity contribution in [3.05, 3.63) is 62.2 Å². The Bertz CT molecular complexity index is 1250. The first kappa shape index (κ1) is 25.2. The number of hydrogen-bond donors (Lipinski definition) is 1. The number of furan rings is 1. The van der Waals surface area contributed by atoms with E-state index < -0.39 is 40.6 Å². The standard InChI is InChI=1S/C21H18ClN3O10/c1-10(19(27)32-2)34-17-13(22)6-11(8-15(17)25(30)31)7-14-18(26)24(21(29)23-14)9-12-4-5-16(35-12)20(28)33-3/h4-8,10H,9H2,1-3H3,(H,23,29)/b14-7-/t10-/m1/s1. The summed E-state index contributed by atoms with van der Waals surface area (Å²) >= 11 is 6.15. The fourth-order valence-corrected chi connectivity index (χ4v) is 3.30. The van der Waals surface area contributed by atoms with Crippen LogP contribution >= 0.6 is 11.6 Å². The minimum absolute atomic E-state index is 0.101. The largest absolute Gasteiger partial charge is 0.471 e. The van der Waals surface area contributed by atoms with Gasteiger partial charge in [-0.15, -0.1) is 0 Å². The van der Waals surface area contributed by atoms with Crippen LogP contribution in [0.1, 0.15) is 28.8 Å². The van der Waals surface area contributed by atoms with Crippen molar-refractivity contribution in [2.45, 2.75) is 19.6 Å². The number of nitro benzene ring substituents is 1. The number of benzene rings is 1. The predicted octanol–water partition coefficient (Wildman–Crippen LogP) is 2.66. The summed E-state index contributed by atoms with van der Waals surface area (Å²) in [6.07, 6.45) is 0.0141. The van der Waals surface area contributed by atoms with Crippen molar-refractivity contribution >= 4 is 47.2 Å². The molecule has 0 radical (unpaired) electrons. The van der Waals surface area contributed by atoms with E-state index in [1.807, 2.05) is 0 Å². The molecule has 1 aromatic heterocycles. The third-order valence-electron chi connectivity index (χ3n) is 4.71. The van der Waals surface area contributed by atoms with Crippen molar-refractivity contribution in [2.24, 2.45) is 0 Å². The fourth-order valence-electron chi connectivity index (χ4n) is 3.04. The number of esters is 2. The van der Waals surface area contributed by atoms with Crippen molar-refractivity contribution in [2.75, 3.05) is 14.2 Å². The Morgan fingerprint density at radius 3 is 2.60 bits per heavy atom. The van der Waals surface area contributed by atoms with Crippen LogP contribution in [0, 0.1) is 10.1 Å². The first-order chi connectivity index (χ1) is 16.5. The number of carbonyl (C=O) groups excluding carboxylic acids is 4. The number of urea groups is 1. The van der Waals surface area contributed by atoms with E-state index in [-0.39, 0.29) is 40.1 Å². The second-order valence-corrected chi connectivity index (χ2v) is 7.44. The van der Waals surface area contributed by atoms with Crippen molar-refractivity contribution in [3.8, 4) is 5.75 Å². The number of ether oxygens (including phenoxy) is 3. The van der Waals surface area contributed by atoms with E-state index in [2.05, 4.69) is 14.8 Å². The maximum absolute atomic E-state index is 12.7. The summed E-state index contributed by atoms with van der Waals surface area (Å²) in [4.78, 5) is 59.8. The molecule has 1 saturated heterocycles. The zero-order chi connectivity index (χ0) is 25.9. The molecule has 2 heterocycles. The van der Waals surface area contributed by atoms with Crippen LogP contribution in [0.25, 0.3) is 6.08 Å². The van der Waals surface area contributed by atoms with Gasteiger partial charge < -0.3 is 23.9 Å². The third kappa shape index (κ3) is 5.41. The molecule has 3 amide bonds. The van der Waals surface area contributed by atoms with Gasteiger partial charge in [-0.05, 0) is 36.8 Å². The first-order valence-electron chi connectivity index (χ1n) is 9.79. The van der Waals surface area contributed by atoms with Crippen LogP contribution in [0.4, 0.5) is 10.5 Å². The van der Waals surface area contributed by atoms with Crippen molar-refractivity contribution in [3.63, 3.8) is 0 Å². The van der Waals surface area contributed by atoms with Gasteiger partial charge in [-0.3, -0.25) is 19.8 Å². The van der Waals surface area contributed by atoms with Crippen LogP contribution < -0.4 is 10.1 Å². The lowest BCUT2D eigenvalue weighted by Crippen LogP contribution is -2.30. The molecule has 3 rings (SSSR count). The van der Waals surface area contributed by atoms with Gasteiger partial charge in [0.15, 0.2) is 6.10 Å². The highest BCUT2D eigenvalue weighted by Gasteiger charge is 2.35. The number of nitro groups is 1. The Kier molecular flexibility index (Phi) is 7.40. The molecule has 0 spiro atoms. The molecule has 35 heavy (non-hydrogen) atoms. The first-order valence-corrected chi connectivity index (χ1v) is 10.2. The quantitative estimate of drug-likeness (QED) is 0.184. The number of nitrogens with zero attached hydrogens (tertiary/aromatic N) is 2. The molecular formula is C21H18ClN3O10. The maximum atomic E-state index is 12.7. The molecule has 0 unspecified atom stereocenters. The molecule has 13 nitrogen and oxygen atoms in total. The number of hydrogen-bond acceptors (Lipinski definition) is 10. The molecule has 0 aliphatic carbocycles. The van der Waals surface area contributed by atoms with Gasteiger partial charge in [0.2, 0.25) is 11.5 Å². The van der Waals surface area contributed by atoms with Gasteiger partial charge in [0, 0.05) is 6.07 Å². The maximum Gasteiger partial charge on any atom is 0.373 e. The van der Waals surface area contributed by atoms with E-state index >= 15 is 0 Å². The Balaban J connectivity index is 1.86. The second-order valence-electron chi connectivity index (χ2n) is 7.03. The van der Waals surface area contributed by atoms with E-state index in [0.29, 0.717) is 0 Å². The summed E-state index contributed by atoms with van der Waals surface area (Å²) in [6, 6.07) is 4.30. The molecule has 2 aromatic rings. The summed E-state index contributed by atoms with van der Waals surface area (Å²) < 4.78 is 19.6. The van der Waals surface area contributed by atoms with Gasteiger partial charge in [-0.1, -0.05) is 11.6 Å². The molecule has 14 heteroatoms. The molecule has 1 aliphatic rings. The normalized spacial score (nSPS) is 15.1. The van der Waals surface area contributed by atoms with Crippen molar-refractivity contribution < 1.29 is 42.7 Å². The number of halogens is 1. The Labute approximate surface area is 202 Å². The topological polar surface area (TPSA) is 168 Å². The Hall–Kier alpha value is -4.39. The van der Waals surface area contributed by atoms with Gasteiger partial charge in [-0.25, -0.2) is 14.4 Å². The molecule has 1 aliphatic heterocycles. The number of amides is 3. The third-order valence-corrected chi connectivity index (χ3v) is 4.99. The summed E-state index contributed by atoms with van der Waals surface area (Å²) in [5.41, 5.74) is -0.646. The van der Waals surface area contributed by atoms with Crippen LogP contribution in [-0.2, 0) is 25.6 Å². The van der Waals surface area contributed by atoms with Gasteiger partial charge >= 0.3 is 23.7 Å². The van der Waals surface area contributed by atoms with Crippen LogP contribution in [0.2, 0.25) is 5.02 Å². The SMILES string of the molecule is COC(=O)c1ccc(CN2C(=O)N/C(=C\c3cc(Cl)c(O[C@H](C)C(=O)OC)c([N+](=O)[O-])c3)C2=O)o1. The summed E-state index contributed by atoms with van der Waals surface area (Å²) in [7, 11) is 2.31. The number of nitrogens with one attached hydrogen (secondary N) is 1. The van der Waals surface area contributed by atoms with Crippen LogP contribution in [0.15, 0.2) is 34.4 Å². The molecule has 1 atom stereocenters. The molecule has 1 N–H and O–H groups in total. The monoisotopic (exact) mass is 507 g/mol. The van der Waals surface area contributed by atoms with E-state index in [1.54, 1.807) is 0 Å². The van der Waals surface area contributed by atoms with Gasteiger partial charge in [-0.2, -0.15) is 0 Å². The molecular weight excluding hydrogens is 490 g/mol. The molecule has 184 valence electrons. The zero-order valence-electron chi connectivity index (χ0n) is 18.5. The zero-order valence-corrected chi connectivity index (χ0v) is 19.3. The average molecular weight is 508 g/mol. The highest BCUT2D eigenvalue weighted by atomic mass is 35.5. The van der Waals surface area contributed by atoms with E-state index in [1.165, 1.54) is 38.3 Å². The van der Waals surface area contributed by atoms with Crippen LogP contribution in [-0.4, -0.2) is 54.0 Å². The number of carbonyl (C=O) groups is 4. The minimum atomic E-state index is -1.18. The smallest absolute Gasteiger partial charge is 0.373 e. The summed E-state index contributed by atoms with van der Waals surface area (Å²) in [5.74, 6) is -2.55. The second kappa shape index (κ2) is 10.3. The van der Waals surface area contributed by atoms with Crippen molar-refractivity contribution in [1.82, 2.24) is 10.2 Å². The molecule has 0 bridgehead atoms. The van der Waals surface area contributed by atoms with Gasteiger partial charge in [0.1, 0.15) is 11.5 Å². The van der Waals surface area contributed by atoms with E-state index in [9.17, 15) is 29.3 Å². The predicted molar refractivity (Wildman–Crippen MR) is 117 cm³/mol.